The molecule has 26 heavy (non-hydrogen) atoms. The summed E-state index contributed by atoms with van der Waals surface area (Å²) in [5.74, 6) is 1.24. The molecule has 1 fully saturated rings. The molecule has 1 aromatic heterocycles. The fourth-order valence-electron chi connectivity index (χ4n) is 2.43. The van der Waals surface area contributed by atoms with Gasteiger partial charge in [-0.15, -0.1) is 0 Å². The first-order chi connectivity index (χ1) is 12.7. The van der Waals surface area contributed by atoms with Crippen LogP contribution in [-0.4, -0.2) is 11.1 Å². The average molecular weight is 472 g/mol. The van der Waals surface area contributed by atoms with Crippen molar-refractivity contribution in [2.24, 2.45) is 4.99 Å². The highest BCUT2D eigenvalue weighted by Crippen LogP contribution is 2.30. The lowest BCUT2D eigenvalue weighted by Gasteiger charge is -1.96. The normalized spacial score (nSPS) is 17.0. The van der Waals surface area contributed by atoms with Crippen molar-refractivity contribution >= 4 is 57.2 Å². The van der Waals surface area contributed by atoms with Crippen LogP contribution >= 0.6 is 34.4 Å². The molecule has 4 nitrogen and oxygen atoms in total. The first kappa shape index (κ1) is 17.1. The van der Waals surface area contributed by atoms with Gasteiger partial charge in [-0.3, -0.25) is 4.79 Å². The fourth-order valence-corrected chi connectivity index (χ4v) is 3.61. The Labute approximate surface area is 168 Å². The van der Waals surface area contributed by atoms with E-state index in [0.717, 1.165) is 17.0 Å². The van der Waals surface area contributed by atoms with E-state index < -0.39 is 0 Å². The van der Waals surface area contributed by atoms with Crippen LogP contribution in [0.1, 0.15) is 5.76 Å². The van der Waals surface area contributed by atoms with E-state index in [2.05, 4.69) is 32.9 Å². The van der Waals surface area contributed by atoms with Crippen LogP contribution in [0.4, 0.5) is 5.69 Å². The van der Waals surface area contributed by atoms with Crippen LogP contribution in [0, 0.1) is 3.57 Å². The molecule has 1 aliphatic heterocycles. The summed E-state index contributed by atoms with van der Waals surface area (Å²) in [6.45, 7) is 0. The van der Waals surface area contributed by atoms with Crippen molar-refractivity contribution < 1.29 is 9.21 Å². The number of hydrogen-bond acceptors (Lipinski definition) is 4. The van der Waals surface area contributed by atoms with Gasteiger partial charge in [0.05, 0.1) is 10.6 Å². The molecule has 0 radical (unpaired) electrons. The molecule has 1 amide bonds. The summed E-state index contributed by atoms with van der Waals surface area (Å²) < 4.78 is 7.03. The van der Waals surface area contributed by atoms with Gasteiger partial charge in [-0.05, 0) is 70.8 Å². The highest BCUT2D eigenvalue weighted by molar-refractivity contribution is 14.1. The molecule has 0 atom stereocenters. The van der Waals surface area contributed by atoms with Crippen molar-refractivity contribution in [3.63, 3.8) is 0 Å². The summed E-state index contributed by atoms with van der Waals surface area (Å²) in [6.07, 6.45) is 1.74. The van der Waals surface area contributed by atoms with Crippen molar-refractivity contribution in [3.8, 4) is 11.3 Å². The van der Waals surface area contributed by atoms with Gasteiger partial charge < -0.3 is 9.73 Å². The van der Waals surface area contributed by atoms with Crippen LogP contribution in [0.5, 0.6) is 0 Å². The summed E-state index contributed by atoms with van der Waals surface area (Å²) in [5, 5.41) is 3.35. The number of nitrogens with one attached hydrogen (secondary N) is 1. The maximum Gasteiger partial charge on any atom is 0.264 e. The van der Waals surface area contributed by atoms with Crippen molar-refractivity contribution in [2.75, 3.05) is 0 Å². The third-order valence-electron chi connectivity index (χ3n) is 3.67. The quantitative estimate of drug-likeness (QED) is 0.408. The molecule has 1 aliphatic rings. The summed E-state index contributed by atoms with van der Waals surface area (Å²) in [4.78, 5) is 17.2. The molecule has 6 heteroatoms. The Hall–Kier alpha value is -2.32. The minimum atomic E-state index is -0.170. The van der Waals surface area contributed by atoms with E-state index in [0.29, 0.717) is 15.8 Å². The van der Waals surface area contributed by atoms with Gasteiger partial charge in [0, 0.05) is 15.2 Å². The number of nitrogens with zero attached hydrogens (tertiary/aromatic N) is 1. The van der Waals surface area contributed by atoms with E-state index >= 15 is 0 Å². The SMILES string of the molecule is O=C1NC(=Nc2ccccc2)SC1=Cc1ccc(-c2ccc(I)cc2)o1. The Bertz CT molecular complexity index is 1010. The molecule has 2 aromatic carbocycles. The van der Waals surface area contributed by atoms with Crippen LogP contribution in [0.15, 0.2) is 81.0 Å². The molecule has 1 saturated heterocycles. The molecule has 3 aromatic rings. The zero-order valence-electron chi connectivity index (χ0n) is 13.5. The summed E-state index contributed by atoms with van der Waals surface area (Å²) in [7, 11) is 0. The van der Waals surface area contributed by atoms with E-state index in [4.69, 9.17) is 4.42 Å². The standard InChI is InChI=1S/C20H13IN2O2S/c21-14-8-6-13(7-9-14)17-11-10-16(25-17)12-18-19(24)23-20(26-18)22-15-4-2-1-3-5-15/h1-12H,(H,22,23,24). The molecule has 0 spiro atoms. The second-order valence-electron chi connectivity index (χ2n) is 5.53. The molecule has 0 unspecified atom stereocenters. The molecule has 0 saturated carbocycles. The maximum atomic E-state index is 12.2. The minimum absolute atomic E-state index is 0.170. The van der Waals surface area contributed by atoms with E-state index in [9.17, 15) is 4.79 Å². The lowest BCUT2D eigenvalue weighted by molar-refractivity contribution is -0.115. The van der Waals surface area contributed by atoms with Crippen LogP contribution in [0.25, 0.3) is 17.4 Å². The minimum Gasteiger partial charge on any atom is -0.457 e. The lowest BCUT2D eigenvalue weighted by Crippen LogP contribution is -2.19. The number of furan rings is 1. The Morgan fingerprint density at radius 2 is 1.77 bits per heavy atom. The number of thioether (sulfide) groups is 1. The van der Waals surface area contributed by atoms with E-state index in [1.54, 1.807) is 6.08 Å². The number of hydrogen-bond donors (Lipinski definition) is 1. The van der Waals surface area contributed by atoms with Crippen LogP contribution in [0.3, 0.4) is 0 Å². The van der Waals surface area contributed by atoms with Gasteiger partial charge in [-0.2, -0.15) is 0 Å². The topological polar surface area (TPSA) is 54.6 Å². The van der Waals surface area contributed by atoms with Gasteiger partial charge in [0.1, 0.15) is 11.5 Å². The number of amides is 1. The van der Waals surface area contributed by atoms with Crippen LogP contribution < -0.4 is 5.32 Å². The molecular weight excluding hydrogens is 459 g/mol. The third-order valence-corrected chi connectivity index (χ3v) is 5.30. The second-order valence-corrected chi connectivity index (χ2v) is 7.80. The van der Waals surface area contributed by atoms with Crippen LogP contribution in [0.2, 0.25) is 0 Å². The highest BCUT2D eigenvalue weighted by atomic mass is 127. The summed E-state index contributed by atoms with van der Waals surface area (Å²) in [5.41, 5.74) is 1.81. The Morgan fingerprint density at radius 3 is 2.54 bits per heavy atom. The van der Waals surface area contributed by atoms with E-state index in [1.165, 1.54) is 15.3 Å². The third kappa shape index (κ3) is 3.91. The second kappa shape index (κ2) is 7.51. The van der Waals surface area contributed by atoms with Crippen molar-refractivity contribution in [3.05, 3.63) is 81.0 Å². The number of carbonyl (C=O) groups excluding carboxylic acids is 1. The molecule has 128 valence electrons. The zero-order chi connectivity index (χ0) is 17.9. The Kier molecular flexibility index (Phi) is 4.94. The van der Waals surface area contributed by atoms with Gasteiger partial charge in [0.2, 0.25) is 0 Å². The van der Waals surface area contributed by atoms with Gasteiger partial charge >= 0.3 is 0 Å². The Morgan fingerprint density at radius 1 is 1.00 bits per heavy atom. The number of aliphatic imine (C=N–C) groups is 1. The molecule has 0 aliphatic carbocycles. The smallest absolute Gasteiger partial charge is 0.264 e. The van der Waals surface area contributed by atoms with Crippen molar-refractivity contribution in [2.45, 2.75) is 0 Å². The maximum absolute atomic E-state index is 12.2. The predicted molar refractivity (Wildman–Crippen MR) is 114 cm³/mol. The van der Waals surface area contributed by atoms with Gasteiger partial charge in [-0.1, -0.05) is 30.3 Å². The van der Waals surface area contributed by atoms with Gasteiger partial charge in [-0.25, -0.2) is 4.99 Å². The number of halogens is 1. The molecular formula is C20H13IN2O2S. The van der Waals surface area contributed by atoms with E-state index in [-0.39, 0.29) is 5.91 Å². The van der Waals surface area contributed by atoms with Gasteiger partial charge in [0.15, 0.2) is 5.17 Å². The van der Waals surface area contributed by atoms with Crippen molar-refractivity contribution in [1.29, 1.82) is 0 Å². The number of benzene rings is 2. The number of carbonyl (C=O) groups is 1. The average Bonchev–Trinajstić information content (AvgIpc) is 3.24. The van der Waals surface area contributed by atoms with Crippen molar-refractivity contribution in [1.82, 2.24) is 5.32 Å². The molecule has 4 rings (SSSR count). The number of rotatable bonds is 3. The first-order valence-electron chi connectivity index (χ1n) is 7.88. The predicted octanol–water partition coefficient (Wildman–Crippen LogP) is 5.44. The van der Waals surface area contributed by atoms with Crippen LogP contribution in [-0.2, 0) is 4.79 Å². The molecule has 0 bridgehead atoms. The monoisotopic (exact) mass is 472 g/mol. The largest absolute Gasteiger partial charge is 0.457 e. The fraction of sp³-hybridized carbons (Fsp3) is 0. The highest BCUT2D eigenvalue weighted by Gasteiger charge is 2.24. The lowest BCUT2D eigenvalue weighted by atomic mass is 10.2. The van der Waals surface area contributed by atoms with E-state index in [1.807, 2.05) is 66.7 Å². The number of amidine groups is 1. The summed E-state index contributed by atoms with van der Waals surface area (Å²) >= 11 is 3.57. The molecule has 1 N–H and O–H groups in total. The summed E-state index contributed by atoms with van der Waals surface area (Å²) in [6, 6.07) is 21.4. The zero-order valence-corrected chi connectivity index (χ0v) is 16.5. The first-order valence-corrected chi connectivity index (χ1v) is 9.77. The van der Waals surface area contributed by atoms with Gasteiger partial charge in [0.25, 0.3) is 5.91 Å². The molecule has 2 heterocycles. The Balaban J connectivity index is 1.54. The number of para-hydroxylation sites is 1.